The lowest BCUT2D eigenvalue weighted by Crippen LogP contribution is -2.00. The van der Waals surface area contributed by atoms with Crippen molar-refractivity contribution in [3.63, 3.8) is 0 Å². The Morgan fingerprint density at radius 3 is 3.00 bits per heavy atom. The van der Waals surface area contributed by atoms with Crippen LogP contribution in [0.2, 0.25) is 0 Å². The van der Waals surface area contributed by atoms with Crippen molar-refractivity contribution in [2.24, 2.45) is 0 Å². The summed E-state index contributed by atoms with van der Waals surface area (Å²) >= 11 is 0. The second kappa shape index (κ2) is 3.14. The standard InChI is InChI=1S/C10H11N3O/c1-2-13-9-5-7(6-14)3-4-8(9)12-10(13)11/h3-6H,2H2,1H3,(H2,11,12). The van der Waals surface area contributed by atoms with Gasteiger partial charge in [0, 0.05) is 12.1 Å². The van der Waals surface area contributed by atoms with E-state index in [9.17, 15) is 4.79 Å². The van der Waals surface area contributed by atoms with Gasteiger partial charge >= 0.3 is 0 Å². The highest BCUT2D eigenvalue weighted by Crippen LogP contribution is 2.18. The van der Waals surface area contributed by atoms with E-state index in [1.54, 1.807) is 12.1 Å². The van der Waals surface area contributed by atoms with E-state index in [2.05, 4.69) is 4.98 Å². The van der Waals surface area contributed by atoms with Gasteiger partial charge in [-0.2, -0.15) is 0 Å². The SMILES string of the molecule is CCn1c(N)nc2ccc(C=O)cc21. The van der Waals surface area contributed by atoms with Crippen molar-refractivity contribution >= 4 is 23.3 Å². The van der Waals surface area contributed by atoms with Gasteiger partial charge in [0.1, 0.15) is 6.29 Å². The number of imidazole rings is 1. The van der Waals surface area contributed by atoms with Gasteiger partial charge in [-0.3, -0.25) is 4.79 Å². The Balaban J connectivity index is 2.77. The molecule has 0 aliphatic heterocycles. The number of aromatic nitrogens is 2. The summed E-state index contributed by atoms with van der Waals surface area (Å²) in [6.07, 6.45) is 0.822. The molecule has 1 aromatic carbocycles. The zero-order valence-corrected chi connectivity index (χ0v) is 7.90. The van der Waals surface area contributed by atoms with Gasteiger partial charge in [-0.25, -0.2) is 4.98 Å². The summed E-state index contributed by atoms with van der Waals surface area (Å²) in [4.78, 5) is 14.8. The monoisotopic (exact) mass is 189 g/mol. The Kier molecular flexibility index (Phi) is 1.96. The molecule has 0 unspecified atom stereocenters. The summed E-state index contributed by atoms with van der Waals surface area (Å²) in [7, 11) is 0. The van der Waals surface area contributed by atoms with E-state index in [0.717, 1.165) is 23.9 Å². The molecular weight excluding hydrogens is 178 g/mol. The Labute approximate surface area is 81.3 Å². The van der Waals surface area contributed by atoms with E-state index >= 15 is 0 Å². The van der Waals surface area contributed by atoms with Crippen LogP contribution >= 0.6 is 0 Å². The highest BCUT2D eigenvalue weighted by atomic mass is 16.1. The van der Waals surface area contributed by atoms with E-state index in [-0.39, 0.29) is 0 Å². The number of carbonyl (C=O) groups excluding carboxylic acids is 1. The predicted molar refractivity (Wildman–Crippen MR) is 55.2 cm³/mol. The number of nitrogens with two attached hydrogens (primary N) is 1. The topological polar surface area (TPSA) is 60.9 Å². The first-order valence-corrected chi connectivity index (χ1v) is 4.47. The normalized spacial score (nSPS) is 10.6. The molecule has 0 aliphatic carbocycles. The largest absolute Gasteiger partial charge is 0.369 e. The molecular formula is C10H11N3O. The van der Waals surface area contributed by atoms with Crippen LogP contribution in [0.1, 0.15) is 17.3 Å². The van der Waals surface area contributed by atoms with Crippen LogP contribution < -0.4 is 5.73 Å². The van der Waals surface area contributed by atoms with Crippen LogP contribution in [-0.4, -0.2) is 15.8 Å². The zero-order chi connectivity index (χ0) is 10.1. The van der Waals surface area contributed by atoms with E-state index in [4.69, 9.17) is 5.73 Å². The number of fused-ring (bicyclic) bond motifs is 1. The minimum Gasteiger partial charge on any atom is -0.369 e. The van der Waals surface area contributed by atoms with Crippen LogP contribution in [0.5, 0.6) is 0 Å². The number of hydrogen-bond acceptors (Lipinski definition) is 3. The van der Waals surface area contributed by atoms with Crippen molar-refractivity contribution in [3.8, 4) is 0 Å². The lowest BCUT2D eigenvalue weighted by atomic mass is 10.2. The molecule has 0 saturated heterocycles. The Morgan fingerprint density at radius 2 is 2.36 bits per heavy atom. The molecule has 2 rings (SSSR count). The summed E-state index contributed by atoms with van der Waals surface area (Å²) < 4.78 is 1.88. The molecule has 0 spiro atoms. The molecule has 0 radical (unpaired) electrons. The highest BCUT2D eigenvalue weighted by molar-refractivity contribution is 5.86. The van der Waals surface area contributed by atoms with Crippen LogP contribution in [0.25, 0.3) is 11.0 Å². The number of hydrogen-bond donors (Lipinski definition) is 1. The van der Waals surface area contributed by atoms with Gasteiger partial charge in [-0.05, 0) is 25.1 Å². The minimum atomic E-state index is 0.491. The average molecular weight is 189 g/mol. The van der Waals surface area contributed by atoms with E-state index in [1.165, 1.54) is 0 Å². The molecule has 2 aromatic rings. The van der Waals surface area contributed by atoms with Crippen molar-refractivity contribution in [1.82, 2.24) is 9.55 Å². The third kappa shape index (κ3) is 1.16. The van der Waals surface area contributed by atoms with Crippen molar-refractivity contribution in [1.29, 1.82) is 0 Å². The third-order valence-electron chi connectivity index (χ3n) is 2.25. The second-order valence-corrected chi connectivity index (χ2v) is 3.08. The molecule has 2 N–H and O–H groups in total. The number of nitrogen functional groups attached to an aromatic ring is 1. The first-order valence-electron chi connectivity index (χ1n) is 4.47. The second-order valence-electron chi connectivity index (χ2n) is 3.08. The molecule has 4 nitrogen and oxygen atoms in total. The lowest BCUT2D eigenvalue weighted by molar-refractivity contribution is 0.112. The average Bonchev–Trinajstić information content (AvgIpc) is 2.52. The number of nitrogens with zero attached hydrogens (tertiary/aromatic N) is 2. The van der Waals surface area contributed by atoms with E-state index in [1.807, 2.05) is 17.6 Å². The fourth-order valence-electron chi connectivity index (χ4n) is 1.56. The van der Waals surface area contributed by atoms with E-state index in [0.29, 0.717) is 11.5 Å². The van der Waals surface area contributed by atoms with Gasteiger partial charge in [0.15, 0.2) is 0 Å². The van der Waals surface area contributed by atoms with Crippen LogP contribution in [0.15, 0.2) is 18.2 Å². The number of rotatable bonds is 2. The third-order valence-corrected chi connectivity index (χ3v) is 2.25. The smallest absolute Gasteiger partial charge is 0.201 e. The zero-order valence-electron chi connectivity index (χ0n) is 7.90. The molecule has 0 aliphatic rings. The molecule has 14 heavy (non-hydrogen) atoms. The van der Waals surface area contributed by atoms with Crippen LogP contribution in [0.3, 0.4) is 0 Å². The Morgan fingerprint density at radius 1 is 1.57 bits per heavy atom. The van der Waals surface area contributed by atoms with Crippen LogP contribution in [0.4, 0.5) is 5.95 Å². The maximum atomic E-state index is 10.6. The molecule has 1 aromatic heterocycles. The number of anilines is 1. The number of benzene rings is 1. The molecule has 0 bridgehead atoms. The summed E-state index contributed by atoms with van der Waals surface area (Å²) in [6.45, 7) is 2.75. The first kappa shape index (κ1) is 8.74. The number of aryl methyl sites for hydroxylation is 1. The summed E-state index contributed by atoms with van der Waals surface area (Å²) in [6, 6.07) is 5.35. The Hall–Kier alpha value is -1.84. The number of carbonyl (C=O) groups is 1. The highest BCUT2D eigenvalue weighted by Gasteiger charge is 2.06. The van der Waals surface area contributed by atoms with E-state index < -0.39 is 0 Å². The molecule has 4 heteroatoms. The summed E-state index contributed by atoms with van der Waals surface area (Å²) in [5.74, 6) is 0.491. The predicted octanol–water partition coefficient (Wildman–Crippen LogP) is 1.45. The fourth-order valence-corrected chi connectivity index (χ4v) is 1.56. The van der Waals surface area contributed by atoms with Gasteiger partial charge in [0.25, 0.3) is 0 Å². The van der Waals surface area contributed by atoms with Gasteiger partial charge in [-0.15, -0.1) is 0 Å². The first-order chi connectivity index (χ1) is 6.76. The van der Waals surface area contributed by atoms with Crippen LogP contribution in [0, 0.1) is 0 Å². The fraction of sp³-hybridized carbons (Fsp3) is 0.200. The van der Waals surface area contributed by atoms with Gasteiger partial charge in [0.05, 0.1) is 11.0 Å². The summed E-state index contributed by atoms with van der Waals surface area (Å²) in [5, 5.41) is 0. The molecule has 0 saturated carbocycles. The van der Waals surface area contributed by atoms with Gasteiger partial charge < -0.3 is 10.3 Å². The maximum Gasteiger partial charge on any atom is 0.201 e. The number of aldehydes is 1. The van der Waals surface area contributed by atoms with Crippen molar-refractivity contribution in [2.75, 3.05) is 5.73 Å². The van der Waals surface area contributed by atoms with Crippen molar-refractivity contribution in [2.45, 2.75) is 13.5 Å². The Bertz CT molecular complexity index is 487. The van der Waals surface area contributed by atoms with Crippen LogP contribution in [-0.2, 0) is 6.54 Å². The minimum absolute atomic E-state index is 0.491. The molecule has 72 valence electrons. The molecule has 0 atom stereocenters. The molecule has 0 fully saturated rings. The van der Waals surface area contributed by atoms with Gasteiger partial charge in [0.2, 0.25) is 5.95 Å². The molecule has 1 heterocycles. The maximum absolute atomic E-state index is 10.6. The van der Waals surface area contributed by atoms with Crippen molar-refractivity contribution in [3.05, 3.63) is 23.8 Å². The lowest BCUT2D eigenvalue weighted by Gasteiger charge is -2.00. The van der Waals surface area contributed by atoms with Gasteiger partial charge in [-0.1, -0.05) is 0 Å². The van der Waals surface area contributed by atoms with Crippen molar-refractivity contribution < 1.29 is 4.79 Å². The quantitative estimate of drug-likeness (QED) is 0.727. The summed E-state index contributed by atoms with van der Waals surface area (Å²) in [5.41, 5.74) is 8.10. The molecule has 0 amide bonds.